The third-order valence-corrected chi connectivity index (χ3v) is 7.03. The first-order valence-electron chi connectivity index (χ1n) is 7.99. The van der Waals surface area contributed by atoms with Gasteiger partial charge in [0.15, 0.2) is 6.17 Å². The molecule has 24 heavy (non-hydrogen) atoms. The summed E-state index contributed by atoms with van der Waals surface area (Å²) in [5.41, 5.74) is 0.528. The summed E-state index contributed by atoms with van der Waals surface area (Å²) >= 11 is 0. The van der Waals surface area contributed by atoms with E-state index in [1.165, 1.54) is 0 Å². The van der Waals surface area contributed by atoms with Crippen LogP contribution in [0.15, 0.2) is 12.2 Å². The second-order valence-electron chi connectivity index (χ2n) is 6.84. The van der Waals surface area contributed by atoms with Crippen molar-refractivity contribution in [2.24, 2.45) is 5.92 Å². The molecule has 0 bridgehead atoms. The van der Waals surface area contributed by atoms with E-state index in [4.69, 9.17) is 13.3 Å². The van der Waals surface area contributed by atoms with Crippen LogP contribution in [0.4, 0.5) is 0 Å². The minimum absolute atomic E-state index is 0. The van der Waals surface area contributed by atoms with Crippen LogP contribution >= 0.6 is 0 Å². The summed E-state index contributed by atoms with van der Waals surface area (Å²) in [4.78, 5) is 12.0. The highest BCUT2D eigenvalue weighted by Crippen LogP contribution is 2.20. The fourth-order valence-electron chi connectivity index (χ4n) is 2.80. The monoisotopic (exact) mass is 382 g/mol. The molecule has 0 spiro atoms. The van der Waals surface area contributed by atoms with Crippen LogP contribution in [-0.4, -0.2) is 67.3 Å². The number of nitrogens with one attached hydrogen (secondary N) is 1. The number of quaternary nitrogens is 1. The maximum Gasteiger partial charge on any atom is 0.500 e. The number of nitrogens with zero attached hydrogens (tertiary/aromatic N) is 1. The molecule has 144 valence electrons. The van der Waals surface area contributed by atoms with E-state index in [0.717, 1.165) is 19.0 Å². The molecule has 0 rings (SSSR count). The first kappa shape index (κ1) is 25.8. The lowest BCUT2D eigenvalue weighted by Crippen LogP contribution is -3.00. The zero-order valence-electron chi connectivity index (χ0n) is 16.4. The fraction of sp³-hybridized carbons (Fsp3) is 0.812. The van der Waals surface area contributed by atoms with Crippen molar-refractivity contribution in [3.63, 3.8) is 0 Å². The Bertz CT molecular complexity index is 393. The molecular weight excluding hydrogens is 348 g/mol. The Morgan fingerprint density at radius 1 is 1.17 bits per heavy atom. The zero-order valence-corrected chi connectivity index (χ0v) is 18.2. The van der Waals surface area contributed by atoms with Crippen LogP contribution in [0.3, 0.4) is 0 Å². The molecule has 8 heteroatoms. The molecule has 0 aliphatic rings. The van der Waals surface area contributed by atoms with Crippen LogP contribution in [-0.2, 0) is 18.1 Å². The summed E-state index contributed by atoms with van der Waals surface area (Å²) in [5, 5.41) is 3.10. The van der Waals surface area contributed by atoms with Crippen molar-refractivity contribution in [1.82, 2.24) is 5.32 Å². The van der Waals surface area contributed by atoms with Crippen molar-refractivity contribution in [2.45, 2.75) is 39.4 Å². The maximum absolute atomic E-state index is 12.0. The van der Waals surface area contributed by atoms with Gasteiger partial charge in [-0.2, -0.15) is 0 Å². The average Bonchev–Trinajstić information content (AvgIpc) is 2.48. The van der Waals surface area contributed by atoms with Crippen molar-refractivity contribution >= 4 is 14.7 Å². The summed E-state index contributed by atoms with van der Waals surface area (Å²) in [7, 11) is 6.59. The van der Waals surface area contributed by atoms with Crippen LogP contribution in [0.1, 0.15) is 27.2 Å². The summed E-state index contributed by atoms with van der Waals surface area (Å²) in [5.74, 6) is 0.215. The smallest absolute Gasteiger partial charge is 0.500 e. The van der Waals surface area contributed by atoms with Gasteiger partial charge in [-0.25, -0.2) is 0 Å². The summed E-state index contributed by atoms with van der Waals surface area (Å²) in [6, 6.07) is 0.747. The number of rotatable bonds is 11. The van der Waals surface area contributed by atoms with Crippen molar-refractivity contribution in [2.75, 3.05) is 42.0 Å². The second kappa shape index (κ2) is 11.2. The topological polar surface area (TPSA) is 56.8 Å². The molecule has 0 aliphatic heterocycles. The van der Waals surface area contributed by atoms with Crippen molar-refractivity contribution in [1.29, 1.82) is 0 Å². The molecule has 0 aliphatic carbocycles. The zero-order chi connectivity index (χ0) is 18.3. The van der Waals surface area contributed by atoms with Gasteiger partial charge in [-0.05, 0) is 6.92 Å². The van der Waals surface area contributed by atoms with Crippen molar-refractivity contribution < 1.29 is 35.0 Å². The number of carbonyl (C=O) groups excluding carboxylic acids is 1. The molecule has 0 fully saturated rings. The van der Waals surface area contributed by atoms with Gasteiger partial charge in [0, 0.05) is 45.3 Å². The molecule has 1 atom stereocenters. The quantitative estimate of drug-likeness (QED) is 0.216. The predicted octanol–water partition coefficient (Wildman–Crippen LogP) is -0.991. The number of amides is 1. The predicted molar refractivity (Wildman–Crippen MR) is 94.8 cm³/mol. The van der Waals surface area contributed by atoms with Gasteiger partial charge >= 0.3 is 8.80 Å². The van der Waals surface area contributed by atoms with Crippen LogP contribution in [0.25, 0.3) is 0 Å². The van der Waals surface area contributed by atoms with Crippen LogP contribution in [0.5, 0.6) is 0 Å². The van der Waals surface area contributed by atoms with E-state index in [2.05, 4.69) is 39.8 Å². The minimum atomic E-state index is -2.54. The lowest BCUT2D eigenvalue weighted by atomic mass is 10.1. The number of carbonyl (C=O) groups is 1. The maximum atomic E-state index is 12.0. The first-order chi connectivity index (χ1) is 10.5. The molecular formula is C16H35ClN2O4Si. The van der Waals surface area contributed by atoms with Gasteiger partial charge in [-0.1, -0.05) is 20.4 Å². The molecule has 0 radical (unpaired) electrons. The third kappa shape index (κ3) is 7.63. The molecule has 6 nitrogen and oxygen atoms in total. The number of halogens is 1. The van der Waals surface area contributed by atoms with Gasteiger partial charge in [-0.15, -0.1) is 0 Å². The lowest BCUT2D eigenvalue weighted by Gasteiger charge is -2.41. The molecule has 0 aromatic heterocycles. The third-order valence-electron chi connectivity index (χ3n) is 4.20. The van der Waals surface area contributed by atoms with Crippen LogP contribution in [0.2, 0.25) is 6.04 Å². The fourth-order valence-corrected chi connectivity index (χ4v) is 4.51. The summed E-state index contributed by atoms with van der Waals surface area (Å²) in [6.45, 7) is 10.5. The number of hydrogen-bond donors (Lipinski definition) is 1. The largest absolute Gasteiger partial charge is 1.00 e. The van der Waals surface area contributed by atoms with E-state index in [9.17, 15) is 4.79 Å². The van der Waals surface area contributed by atoms with Gasteiger partial charge in [0.2, 0.25) is 0 Å². The van der Waals surface area contributed by atoms with E-state index in [1.807, 2.05) is 0 Å². The van der Waals surface area contributed by atoms with Crippen LogP contribution < -0.4 is 17.7 Å². The molecule has 0 aromatic rings. The van der Waals surface area contributed by atoms with E-state index in [0.29, 0.717) is 16.0 Å². The molecule has 0 saturated heterocycles. The highest BCUT2D eigenvalue weighted by molar-refractivity contribution is 6.60. The Kier molecular flexibility index (Phi) is 12.1. The van der Waals surface area contributed by atoms with E-state index < -0.39 is 8.80 Å². The minimum Gasteiger partial charge on any atom is -1.00 e. The van der Waals surface area contributed by atoms with Gasteiger partial charge in [0.25, 0.3) is 5.91 Å². The number of hydrogen-bond acceptors (Lipinski definition) is 4. The Labute approximate surface area is 154 Å². The van der Waals surface area contributed by atoms with Crippen molar-refractivity contribution in [3.8, 4) is 0 Å². The molecule has 0 heterocycles. The van der Waals surface area contributed by atoms with Gasteiger partial charge in [0.1, 0.15) is 0 Å². The lowest BCUT2D eigenvalue weighted by molar-refractivity contribution is -0.920. The summed E-state index contributed by atoms with van der Waals surface area (Å²) < 4.78 is 17.1. The van der Waals surface area contributed by atoms with Crippen molar-refractivity contribution in [3.05, 3.63) is 12.2 Å². The Hall–Kier alpha value is -0.443. The Morgan fingerprint density at radius 2 is 1.62 bits per heavy atom. The molecule has 0 aromatic carbocycles. The molecule has 1 unspecified atom stereocenters. The van der Waals surface area contributed by atoms with Crippen LogP contribution in [0, 0.1) is 5.92 Å². The molecule has 0 saturated carbocycles. The normalized spacial score (nSPS) is 13.4. The van der Waals surface area contributed by atoms with Gasteiger partial charge in [0.05, 0.1) is 20.6 Å². The molecule has 1 amide bonds. The average molecular weight is 383 g/mol. The van der Waals surface area contributed by atoms with Gasteiger partial charge < -0.3 is 35.5 Å². The Balaban J connectivity index is 0. The molecule has 1 N–H and O–H groups in total. The highest BCUT2D eigenvalue weighted by Gasteiger charge is 2.39. The van der Waals surface area contributed by atoms with E-state index >= 15 is 0 Å². The van der Waals surface area contributed by atoms with E-state index in [-0.39, 0.29) is 24.5 Å². The SMILES string of the molecule is C=C(C)C(=O)NC(C(C)C)[N+](C)(C)CCC[Si](OC)(OC)OC.[Cl-]. The van der Waals surface area contributed by atoms with E-state index in [1.54, 1.807) is 28.3 Å². The highest BCUT2D eigenvalue weighted by atomic mass is 35.5. The standard InChI is InChI=1S/C16H34N2O4Si.ClH/c1-13(2)15(17-16(19)14(3)4)18(5,6)11-10-12-23(20-7,21-8)22-9;/h13,15H,3,10-12H2,1-2,4-9H3;1H. The van der Waals surface area contributed by atoms with Gasteiger partial charge in [-0.3, -0.25) is 4.79 Å². The first-order valence-corrected chi connectivity index (χ1v) is 9.93. The summed E-state index contributed by atoms with van der Waals surface area (Å²) in [6.07, 6.45) is 0.906. The Morgan fingerprint density at radius 3 is 1.96 bits per heavy atom. The second-order valence-corrected chi connectivity index (χ2v) is 9.93.